The summed E-state index contributed by atoms with van der Waals surface area (Å²) in [7, 11) is -1.96. The monoisotopic (exact) mass is 490 g/mol. The molecule has 4 aromatic rings. The van der Waals surface area contributed by atoms with Crippen molar-refractivity contribution in [3.63, 3.8) is 0 Å². The number of hydrogen-bond acceptors (Lipinski definition) is 5. The zero-order valence-corrected chi connectivity index (χ0v) is 20.2. The Bertz CT molecular complexity index is 1570. The summed E-state index contributed by atoms with van der Waals surface area (Å²) in [5, 5.41) is 2.37. The molecule has 3 aromatic carbocycles. The van der Waals surface area contributed by atoms with Crippen LogP contribution in [0, 0.1) is 5.92 Å². The van der Waals surface area contributed by atoms with Gasteiger partial charge >= 0.3 is 0 Å². The number of hydrogen-bond donors (Lipinski definition) is 1. The number of amides is 1. The highest BCUT2D eigenvalue weighted by Crippen LogP contribution is 2.27. The maximum atomic E-state index is 13.2. The van der Waals surface area contributed by atoms with Gasteiger partial charge in [0.25, 0.3) is 5.56 Å². The predicted octanol–water partition coefficient (Wildman–Crippen LogP) is 3.14. The minimum atomic E-state index is -3.64. The third kappa shape index (κ3) is 4.56. The molecule has 8 nitrogen and oxygen atoms in total. The molecule has 0 aliphatic carbocycles. The van der Waals surface area contributed by atoms with Crippen molar-refractivity contribution in [3.8, 4) is 0 Å². The summed E-state index contributed by atoms with van der Waals surface area (Å²) >= 11 is 0. The van der Waals surface area contributed by atoms with Crippen LogP contribution >= 0.6 is 0 Å². The topological polar surface area (TPSA) is 103 Å². The molecule has 0 saturated carbocycles. The highest BCUT2D eigenvalue weighted by molar-refractivity contribution is 7.89. The van der Waals surface area contributed by atoms with Crippen LogP contribution in [0.1, 0.15) is 18.7 Å². The fourth-order valence-corrected chi connectivity index (χ4v) is 6.15. The van der Waals surface area contributed by atoms with Gasteiger partial charge in [-0.3, -0.25) is 9.59 Å². The molecule has 9 heteroatoms. The van der Waals surface area contributed by atoms with Crippen LogP contribution in [0.5, 0.6) is 0 Å². The second-order valence-corrected chi connectivity index (χ2v) is 10.8. The number of benzene rings is 3. The molecule has 180 valence electrons. The van der Waals surface area contributed by atoms with E-state index < -0.39 is 10.0 Å². The summed E-state index contributed by atoms with van der Waals surface area (Å²) in [5.74, 6) is 0.0552. The van der Waals surface area contributed by atoms with E-state index >= 15 is 0 Å². The van der Waals surface area contributed by atoms with Gasteiger partial charge in [0.2, 0.25) is 15.9 Å². The smallest absolute Gasteiger partial charge is 0.258 e. The van der Waals surface area contributed by atoms with Crippen molar-refractivity contribution >= 4 is 37.6 Å². The van der Waals surface area contributed by atoms with Gasteiger partial charge < -0.3 is 9.88 Å². The van der Waals surface area contributed by atoms with Crippen LogP contribution in [0.3, 0.4) is 0 Å². The van der Waals surface area contributed by atoms with Crippen LogP contribution in [0.25, 0.3) is 21.7 Å². The lowest BCUT2D eigenvalue weighted by Gasteiger charge is -2.32. The van der Waals surface area contributed by atoms with E-state index in [1.165, 1.54) is 4.31 Å². The van der Waals surface area contributed by atoms with Crippen molar-refractivity contribution < 1.29 is 13.2 Å². The molecule has 1 aliphatic heterocycles. The number of rotatable bonds is 5. The first kappa shape index (κ1) is 23.2. The molecule has 35 heavy (non-hydrogen) atoms. The number of nitrogens with zero attached hydrogens (tertiary/aromatic N) is 3. The van der Waals surface area contributed by atoms with E-state index in [4.69, 9.17) is 0 Å². The number of aromatic nitrogens is 2. The summed E-state index contributed by atoms with van der Waals surface area (Å²) < 4.78 is 27.9. The summed E-state index contributed by atoms with van der Waals surface area (Å²) in [5.41, 5.74) is 0.345. The van der Waals surface area contributed by atoms with Gasteiger partial charge in [0.1, 0.15) is 5.82 Å². The van der Waals surface area contributed by atoms with E-state index in [1.807, 2.05) is 36.4 Å². The Morgan fingerprint density at radius 3 is 2.49 bits per heavy atom. The van der Waals surface area contributed by atoms with Crippen LogP contribution in [0.2, 0.25) is 0 Å². The Balaban J connectivity index is 1.24. The number of aromatic amines is 1. The zero-order chi connectivity index (χ0) is 24.6. The molecular formula is C26H26N4O4S. The van der Waals surface area contributed by atoms with Crippen molar-refractivity contribution in [2.45, 2.75) is 24.3 Å². The molecule has 1 aliphatic rings. The molecule has 0 bridgehead atoms. The number of para-hydroxylation sites is 1. The van der Waals surface area contributed by atoms with Crippen LogP contribution in [0.15, 0.2) is 76.4 Å². The lowest BCUT2D eigenvalue weighted by molar-refractivity contribution is -0.136. The number of fused-ring (bicyclic) bond motifs is 2. The van der Waals surface area contributed by atoms with Crippen molar-refractivity contribution in [1.29, 1.82) is 0 Å². The van der Waals surface area contributed by atoms with Gasteiger partial charge in [-0.15, -0.1) is 0 Å². The first-order valence-corrected chi connectivity index (χ1v) is 13.0. The quantitative estimate of drug-likeness (QED) is 0.463. The third-order valence-corrected chi connectivity index (χ3v) is 8.48. The molecule has 2 heterocycles. The van der Waals surface area contributed by atoms with Crippen LogP contribution in [-0.2, 0) is 21.4 Å². The Morgan fingerprint density at radius 2 is 1.71 bits per heavy atom. The largest absolute Gasteiger partial charge is 0.338 e. The first-order chi connectivity index (χ1) is 16.8. The van der Waals surface area contributed by atoms with Gasteiger partial charge in [-0.05, 0) is 47.9 Å². The average Bonchev–Trinajstić information content (AvgIpc) is 2.88. The van der Waals surface area contributed by atoms with E-state index in [2.05, 4.69) is 9.97 Å². The number of H-pyrrole nitrogens is 1. The van der Waals surface area contributed by atoms with E-state index in [-0.39, 0.29) is 41.9 Å². The van der Waals surface area contributed by atoms with Gasteiger partial charge in [-0.2, -0.15) is 4.31 Å². The maximum absolute atomic E-state index is 13.2. The molecule has 1 amide bonds. The van der Waals surface area contributed by atoms with Crippen molar-refractivity contribution in [3.05, 3.63) is 82.9 Å². The number of piperidine rings is 1. The molecule has 1 N–H and O–H groups in total. The van der Waals surface area contributed by atoms with E-state index in [1.54, 1.807) is 42.3 Å². The van der Waals surface area contributed by atoms with Crippen LogP contribution in [-0.4, -0.2) is 53.6 Å². The van der Waals surface area contributed by atoms with E-state index in [9.17, 15) is 18.0 Å². The van der Waals surface area contributed by atoms with E-state index in [0.717, 1.165) is 10.8 Å². The lowest BCUT2D eigenvalue weighted by Crippen LogP contribution is -2.43. The molecule has 0 spiro atoms. The number of nitrogens with one attached hydrogen (secondary N) is 1. The second-order valence-electron chi connectivity index (χ2n) is 8.91. The lowest BCUT2D eigenvalue weighted by atomic mass is 9.96. The minimum Gasteiger partial charge on any atom is -0.338 e. The maximum Gasteiger partial charge on any atom is 0.258 e. The number of carbonyl (C=O) groups is 1. The summed E-state index contributed by atoms with van der Waals surface area (Å²) in [6, 6.07) is 19.9. The highest BCUT2D eigenvalue weighted by Gasteiger charge is 2.33. The Labute approximate surface area is 203 Å². The molecule has 0 atom stereocenters. The molecule has 1 fully saturated rings. The Morgan fingerprint density at radius 1 is 1.03 bits per heavy atom. The van der Waals surface area contributed by atoms with Gasteiger partial charge in [0.05, 0.1) is 22.3 Å². The van der Waals surface area contributed by atoms with E-state index in [0.29, 0.717) is 29.6 Å². The Hall–Kier alpha value is -3.56. The van der Waals surface area contributed by atoms with Crippen molar-refractivity contribution in [2.24, 2.45) is 5.92 Å². The molecular weight excluding hydrogens is 464 g/mol. The van der Waals surface area contributed by atoms with Crippen molar-refractivity contribution in [2.75, 3.05) is 20.1 Å². The highest BCUT2D eigenvalue weighted by atomic mass is 32.2. The molecule has 0 unspecified atom stereocenters. The average molecular weight is 491 g/mol. The van der Waals surface area contributed by atoms with Gasteiger partial charge in [0, 0.05) is 26.1 Å². The summed E-state index contributed by atoms with van der Waals surface area (Å²) in [6.07, 6.45) is 0.884. The molecule has 5 rings (SSSR count). The fourth-order valence-electron chi connectivity index (χ4n) is 4.64. The van der Waals surface area contributed by atoms with Crippen LogP contribution in [0.4, 0.5) is 0 Å². The minimum absolute atomic E-state index is 0.0800. The third-order valence-electron chi connectivity index (χ3n) is 6.59. The SMILES string of the molecule is CN(Cc1nc2ccccc2c(=O)[nH]1)C(=O)C1CCN(S(=O)(=O)c2ccc3ccccc3c2)CC1. The Kier molecular flexibility index (Phi) is 6.12. The van der Waals surface area contributed by atoms with Crippen LogP contribution < -0.4 is 5.56 Å². The van der Waals surface area contributed by atoms with Gasteiger partial charge in [-0.25, -0.2) is 13.4 Å². The standard InChI is InChI=1S/C26H26N4O4S/c1-29(17-24-27-23-9-5-4-8-22(23)25(31)28-24)26(32)19-12-14-30(15-13-19)35(33,34)21-11-10-18-6-2-3-7-20(18)16-21/h2-11,16,19H,12-15,17H2,1H3,(H,27,28,31). The molecule has 1 aromatic heterocycles. The normalized spacial score (nSPS) is 15.5. The first-order valence-electron chi connectivity index (χ1n) is 11.5. The van der Waals surface area contributed by atoms with Crippen molar-refractivity contribution in [1.82, 2.24) is 19.2 Å². The predicted molar refractivity (Wildman–Crippen MR) is 134 cm³/mol. The zero-order valence-electron chi connectivity index (χ0n) is 19.3. The summed E-state index contributed by atoms with van der Waals surface area (Å²) in [6.45, 7) is 0.740. The number of sulfonamides is 1. The van der Waals surface area contributed by atoms with Gasteiger partial charge in [-0.1, -0.05) is 42.5 Å². The second kappa shape index (κ2) is 9.24. The fraction of sp³-hybridized carbons (Fsp3) is 0.269. The van der Waals surface area contributed by atoms with Gasteiger partial charge in [0.15, 0.2) is 0 Å². The summed E-state index contributed by atoms with van der Waals surface area (Å²) in [4.78, 5) is 34.4. The number of carbonyl (C=O) groups excluding carboxylic acids is 1. The molecule has 0 radical (unpaired) electrons. The molecule has 1 saturated heterocycles.